The van der Waals surface area contributed by atoms with E-state index in [4.69, 9.17) is 28.6 Å². The van der Waals surface area contributed by atoms with Gasteiger partial charge in [-0.25, -0.2) is 0 Å². The van der Waals surface area contributed by atoms with Crippen LogP contribution in [0.25, 0.3) is 6.08 Å². The number of ether oxygens (including phenoxy) is 1. The standard InChI is InChI=1S/C27H18ClN3O5S/c1-36-22-11-10-15(12-16(22)14-30-24(33)17-6-2-3-7-18(17)25(30)34)13-19-23(32)29-27(37)31(26(19)35)21-9-5-4-8-20(21)28/h2-13H,14H2,1H3,(H,29,32,37). The Morgan fingerprint density at radius 3 is 2.22 bits per heavy atom. The first kappa shape index (κ1) is 24.4. The maximum Gasteiger partial charge on any atom is 0.270 e. The Hall–Kier alpha value is -4.34. The third-order valence-electron chi connectivity index (χ3n) is 6.02. The summed E-state index contributed by atoms with van der Waals surface area (Å²) in [6, 6.07) is 18.2. The van der Waals surface area contributed by atoms with E-state index < -0.39 is 23.6 Å². The number of benzene rings is 3. The molecule has 0 aliphatic carbocycles. The van der Waals surface area contributed by atoms with Gasteiger partial charge in [-0.1, -0.05) is 41.9 Å². The Labute approximate surface area is 222 Å². The molecule has 0 spiro atoms. The highest BCUT2D eigenvalue weighted by atomic mass is 35.5. The lowest BCUT2D eigenvalue weighted by molar-refractivity contribution is -0.122. The third kappa shape index (κ3) is 4.28. The Morgan fingerprint density at radius 2 is 1.57 bits per heavy atom. The van der Waals surface area contributed by atoms with E-state index in [2.05, 4.69) is 5.32 Å². The van der Waals surface area contributed by atoms with Crippen LogP contribution < -0.4 is 15.0 Å². The summed E-state index contributed by atoms with van der Waals surface area (Å²) in [6.07, 6.45) is 1.41. The van der Waals surface area contributed by atoms with E-state index in [-0.39, 0.29) is 17.2 Å². The van der Waals surface area contributed by atoms with E-state index in [0.717, 1.165) is 9.80 Å². The summed E-state index contributed by atoms with van der Waals surface area (Å²) in [5, 5.41) is 2.73. The fourth-order valence-corrected chi connectivity index (χ4v) is 4.74. The summed E-state index contributed by atoms with van der Waals surface area (Å²) in [6.45, 7) is -0.0531. The molecule has 0 unspecified atom stereocenters. The van der Waals surface area contributed by atoms with E-state index in [1.807, 2.05) is 0 Å². The number of thiocarbonyl (C=S) groups is 1. The minimum atomic E-state index is -0.656. The van der Waals surface area contributed by atoms with Crippen LogP contribution in [0.4, 0.5) is 5.69 Å². The number of anilines is 1. The Bertz CT molecular complexity index is 1520. The Balaban J connectivity index is 1.49. The van der Waals surface area contributed by atoms with Gasteiger partial charge in [-0.05, 0) is 60.3 Å². The van der Waals surface area contributed by atoms with Crippen molar-refractivity contribution in [2.24, 2.45) is 0 Å². The number of amides is 4. The smallest absolute Gasteiger partial charge is 0.270 e. The molecular formula is C27H18ClN3O5S. The molecule has 0 aromatic heterocycles. The molecule has 184 valence electrons. The zero-order valence-electron chi connectivity index (χ0n) is 19.4. The molecule has 2 aliphatic rings. The number of para-hydroxylation sites is 1. The van der Waals surface area contributed by atoms with E-state index in [0.29, 0.717) is 38.7 Å². The molecule has 5 rings (SSSR count). The molecule has 1 saturated heterocycles. The Morgan fingerprint density at radius 1 is 0.919 bits per heavy atom. The average molecular weight is 532 g/mol. The van der Waals surface area contributed by atoms with Gasteiger partial charge in [0.1, 0.15) is 11.3 Å². The molecule has 1 N–H and O–H groups in total. The number of nitrogens with zero attached hydrogens (tertiary/aromatic N) is 2. The summed E-state index contributed by atoms with van der Waals surface area (Å²) < 4.78 is 5.44. The first-order valence-corrected chi connectivity index (χ1v) is 11.9. The van der Waals surface area contributed by atoms with Crippen molar-refractivity contribution in [1.82, 2.24) is 10.2 Å². The summed E-state index contributed by atoms with van der Waals surface area (Å²) in [4.78, 5) is 54.0. The quantitative estimate of drug-likeness (QED) is 0.232. The lowest BCUT2D eigenvalue weighted by Gasteiger charge is -2.29. The monoisotopic (exact) mass is 531 g/mol. The van der Waals surface area contributed by atoms with Gasteiger partial charge in [0.15, 0.2) is 5.11 Å². The highest BCUT2D eigenvalue weighted by Gasteiger charge is 2.37. The second-order valence-electron chi connectivity index (χ2n) is 8.22. The SMILES string of the molecule is COc1ccc(C=C2C(=O)NC(=S)N(c3ccccc3Cl)C2=O)cc1CN1C(=O)c2ccccc2C1=O. The van der Waals surface area contributed by atoms with Crippen molar-refractivity contribution >= 4 is 64.3 Å². The number of hydrogen-bond donors (Lipinski definition) is 1. The predicted octanol–water partition coefficient (Wildman–Crippen LogP) is 3.98. The van der Waals surface area contributed by atoms with Crippen LogP contribution in [0.2, 0.25) is 5.02 Å². The van der Waals surface area contributed by atoms with Crippen molar-refractivity contribution in [3.63, 3.8) is 0 Å². The number of carbonyl (C=O) groups excluding carboxylic acids is 4. The van der Waals surface area contributed by atoms with Crippen molar-refractivity contribution in [3.8, 4) is 5.75 Å². The summed E-state index contributed by atoms with van der Waals surface area (Å²) in [7, 11) is 1.47. The summed E-state index contributed by atoms with van der Waals surface area (Å²) in [5.74, 6) is -1.66. The minimum absolute atomic E-state index is 0.0531. The van der Waals surface area contributed by atoms with Gasteiger partial charge in [-0.3, -0.25) is 34.3 Å². The molecule has 0 radical (unpaired) electrons. The summed E-state index contributed by atoms with van der Waals surface area (Å²) in [5.41, 5.74) is 1.86. The van der Waals surface area contributed by atoms with Crippen molar-refractivity contribution in [2.75, 3.05) is 12.0 Å². The molecule has 37 heavy (non-hydrogen) atoms. The van der Waals surface area contributed by atoms with Gasteiger partial charge in [0.25, 0.3) is 23.6 Å². The van der Waals surface area contributed by atoms with Gasteiger partial charge in [-0.2, -0.15) is 0 Å². The van der Waals surface area contributed by atoms with Crippen molar-refractivity contribution in [2.45, 2.75) is 6.54 Å². The van der Waals surface area contributed by atoms with Crippen LogP contribution in [0.3, 0.4) is 0 Å². The molecular weight excluding hydrogens is 514 g/mol. The van der Waals surface area contributed by atoms with Crippen LogP contribution in [-0.4, -0.2) is 40.8 Å². The highest BCUT2D eigenvalue weighted by Crippen LogP contribution is 2.31. The van der Waals surface area contributed by atoms with Crippen molar-refractivity contribution in [3.05, 3.63) is 99.6 Å². The first-order valence-electron chi connectivity index (χ1n) is 11.1. The van der Waals surface area contributed by atoms with E-state index in [9.17, 15) is 19.2 Å². The largest absolute Gasteiger partial charge is 0.496 e. The lowest BCUT2D eigenvalue weighted by Crippen LogP contribution is -2.54. The molecule has 0 saturated carbocycles. The maximum atomic E-state index is 13.3. The van der Waals surface area contributed by atoms with Gasteiger partial charge in [-0.15, -0.1) is 0 Å². The minimum Gasteiger partial charge on any atom is -0.496 e. The number of imide groups is 1. The normalized spacial score (nSPS) is 16.4. The van der Waals surface area contributed by atoms with E-state index in [1.54, 1.807) is 66.7 Å². The second kappa shape index (κ2) is 9.61. The molecule has 2 heterocycles. The molecule has 4 amide bonds. The van der Waals surface area contributed by atoms with Crippen LogP contribution in [0.5, 0.6) is 5.75 Å². The molecule has 2 aliphatic heterocycles. The fourth-order valence-electron chi connectivity index (χ4n) is 4.24. The molecule has 10 heteroatoms. The van der Waals surface area contributed by atoms with Crippen LogP contribution in [0, 0.1) is 0 Å². The number of carbonyl (C=O) groups is 4. The number of halogens is 1. The van der Waals surface area contributed by atoms with Crippen molar-refractivity contribution in [1.29, 1.82) is 0 Å². The molecule has 3 aromatic rings. The molecule has 1 fully saturated rings. The van der Waals surface area contributed by atoms with Crippen LogP contribution in [0.15, 0.2) is 72.3 Å². The van der Waals surface area contributed by atoms with Gasteiger partial charge >= 0.3 is 0 Å². The number of nitrogens with one attached hydrogen (secondary N) is 1. The van der Waals surface area contributed by atoms with Crippen molar-refractivity contribution < 1.29 is 23.9 Å². The average Bonchev–Trinajstić information content (AvgIpc) is 3.12. The predicted molar refractivity (Wildman–Crippen MR) is 141 cm³/mol. The lowest BCUT2D eigenvalue weighted by atomic mass is 10.0. The van der Waals surface area contributed by atoms with Gasteiger partial charge in [0.05, 0.1) is 35.5 Å². The van der Waals surface area contributed by atoms with Gasteiger partial charge in [0.2, 0.25) is 0 Å². The first-order chi connectivity index (χ1) is 17.8. The number of rotatable bonds is 5. The van der Waals surface area contributed by atoms with Gasteiger partial charge in [0, 0.05) is 5.56 Å². The Kier molecular flexibility index (Phi) is 6.32. The van der Waals surface area contributed by atoms with Crippen LogP contribution in [-0.2, 0) is 16.1 Å². The van der Waals surface area contributed by atoms with E-state index >= 15 is 0 Å². The summed E-state index contributed by atoms with van der Waals surface area (Å²) >= 11 is 11.5. The zero-order chi connectivity index (χ0) is 26.3. The van der Waals surface area contributed by atoms with Crippen LogP contribution in [0.1, 0.15) is 31.8 Å². The second-order valence-corrected chi connectivity index (χ2v) is 9.02. The van der Waals surface area contributed by atoms with Crippen LogP contribution >= 0.6 is 23.8 Å². The zero-order valence-corrected chi connectivity index (χ0v) is 20.9. The molecule has 0 atom stereocenters. The fraction of sp³-hybridized carbons (Fsp3) is 0.0741. The molecule has 0 bridgehead atoms. The number of fused-ring (bicyclic) bond motifs is 1. The molecule has 3 aromatic carbocycles. The highest BCUT2D eigenvalue weighted by molar-refractivity contribution is 7.80. The third-order valence-corrected chi connectivity index (χ3v) is 6.62. The molecule has 8 nitrogen and oxygen atoms in total. The maximum absolute atomic E-state index is 13.3. The topological polar surface area (TPSA) is 96.0 Å². The van der Waals surface area contributed by atoms with E-state index in [1.165, 1.54) is 13.2 Å². The number of hydrogen-bond acceptors (Lipinski definition) is 6. The van der Waals surface area contributed by atoms with Gasteiger partial charge < -0.3 is 4.74 Å². The number of methoxy groups -OCH3 is 1.